The highest BCUT2D eigenvalue weighted by molar-refractivity contribution is 9.10. The van der Waals surface area contributed by atoms with Crippen LogP contribution in [0.2, 0.25) is 0 Å². The average Bonchev–Trinajstić information content (AvgIpc) is 3.26. The summed E-state index contributed by atoms with van der Waals surface area (Å²) in [6.07, 6.45) is 0. The first-order chi connectivity index (χ1) is 13.6. The quantitative estimate of drug-likeness (QED) is 0.626. The summed E-state index contributed by atoms with van der Waals surface area (Å²) in [6.45, 7) is 0.967. The Labute approximate surface area is 171 Å². The van der Waals surface area contributed by atoms with Crippen LogP contribution in [0.25, 0.3) is 11.3 Å². The summed E-state index contributed by atoms with van der Waals surface area (Å²) in [5.74, 6) is 0.713. The standard InChI is InChI=1S/C21H20BrN3O3/c1-27-12-11-25-20(14-3-7-15(22)8-4-14)17-18(23-24-19(17)21(25)26)13-5-9-16(28-2)10-6-13/h3-10,20H,11-12H2,1-2H3,(H,23,24). The Morgan fingerprint density at radius 1 is 1.11 bits per heavy atom. The summed E-state index contributed by atoms with van der Waals surface area (Å²) < 4.78 is 11.5. The van der Waals surface area contributed by atoms with Gasteiger partial charge in [0.05, 0.1) is 25.5 Å². The molecule has 0 aliphatic carbocycles. The summed E-state index contributed by atoms with van der Waals surface area (Å²) in [5, 5.41) is 7.43. The van der Waals surface area contributed by atoms with Crippen LogP contribution >= 0.6 is 15.9 Å². The van der Waals surface area contributed by atoms with E-state index in [1.165, 1.54) is 0 Å². The van der Waals surface area contributed by atoms with E-state index in [9.17, 15) is 4.79 Å². The van der Waals surface area contributed by atoms with Gasteiger partial charge in [0.25, 0.3) is 5.91 Å². The zero-order chi connectivity index (χ0) is 19.7. The number of carbonyl (C=O) groups excluding carboxylic acids is 1. The third-order valence-corrected chi connectivity index (χ3v) is 5.48. The van der Waals surface area contributed by atoms with Crippen molar-refractivity contribution in [3.05, 3.63) is 69.8 Å². The molecule has 1 amide bonds. The van der Waals surface area contributed by atoms with Crippen LogP contribution < -0.4 is 4.74 Å². The van der Waals surface area contributed by atoms with E-state index in [0.29, 0.717) is 18.8 Å². The number of benzene rings is 2. The van der Waals surface area contributed by atoms with Crippen LogP contribution in [0.4, 0.5) is 0 Å². The van der Waals surface area contributed by atoms with Gasteiger partial charge in [-0.05, 0) is 42.0 Å². The lowest BCUT2D eigenvalue weighted by atomic mass is 9.96. The molecule has 7 heteroatoms. The van der Waals surface area contributed by atoms with Crippen LogP contribution in [0.1, 0.15) is 27.7 Å². The molecule has 1 N–H and O–H groups in total. The minimum Gasteiger partial charge on any atom is -0.497 e. The molecular weight excluding hydrogens is 422 g/mol. The maximum absolute atomic E-state index is 13.1. The van der Waals surface area contributed by atoms with E-state index in [0.717, 1.165) is 32.6 Å². The number of amides is 1. The summed E-state index contributed by atoms with van der Waals surface area (Å²) in [4.78, 5) is 14.9. The van der Waals surface area contributed by atoms with Gasteiger partial charge in [-0.25, -0.2) is 0 Å². The van der Waals surface area contributed by atoms with Crippen LogP contribution in [-0.2, 0) is 4.74 Å². The van der Waals surface area contributed by atoms with Crippen molar-refractivity contribution in [1.82, 2.24) is 15.1 Å². The molecule has 4 rings (SSSR count). The van der Waals surface area contributed by atoms with Crippen LogP contribution in [0.15, 0.2) is 53.0 Å². The van der Waals surface area contributed by atoms with Crippen molar-refractivity contribution in [3.8, 4) is 17.0 Å². The molecule has 1 aromatic heterocycles. The molecule has 144 valence electrons. The molecule has 1 atom stereocenters. The second-order valence-corrected chi connectivity index (χ2v) is 7.45. The Bertz CT molecular complexity index is 983. The number of aromatic amines is 1. The number of nitrogens with one attached hydrogen (secondary N) is 1. The van der Waals surface area contributed by atoms with Gasteiger partial charge in [-0.3, -0.25) is 9.89 Å². The summed E-state index contributed by atoms with van der Waals surface area (Å²) >= 11 is 3.48. The normalized spacial score (nSPS) is 15.8. The second kappa shape index (κ2) is 7.77. The molecule has 0 saturated heterocycles. The van der Waals surface area contributed by atoms with E-state index >= 15 is 0 Å². The number of H-pyrrole nitrogens is 1. The van der Waals surface area contributed by atoms with E-state index in [4.69, 9.17) is 9.47 Å². The number of rotatable bonds is 6. The Balaban J connectivity index is 1.82. The van der Waals surface area contributed by atoms with Crippen LogP contribution in [0.3, 0.4) is 0 Å². The molecular formula is C21H20BrN3O3. The number of ether oxygens (including phenoxy) is 2. The summed E-state index contributed by atoms with van der Waals surface area (Å²) in [6, 6.07) is 15.5. The number of hydrogen-bond donors (Lipinski definition) is 1. The fourth-order valence-corrected chi connectivity index (χ4v) is 3.84. The van der Waals surface area contributed by atoms with Crippen LogP contribution in [0.5, 0.6) is 5.75 Å². The van der Waals surface area contributed by atoms with Crippen molar-refractivity contribution in [2.75, 3.05) is 27.4 Å². The number of hydrogen-bond acceptors (Lipinski definition) is 4. The molecule has 6 nitrogen and oxygen atoms in total. The van der Waals surface area contributed by atoms with Gasteiger partial charge in [0.2, 0.25) is 0 Å². The first kappa shape index (κ1) is 18.7. The van der Waals surface area contributed by atoms with Crippen molar-refractivity contribution in [2.24, 2.45) is 0 Å². The lowest BCUT2D eigenvalue weighted by molar-refractivity contribution is 0.0677. The zero-order valence-corrected chi connectivity index (χ0v) is 17.2. The van der Waals surface area contributed by atoms with Crippen LogP contribution in [0, 0.1) is 0 Å². The minimum atomic E-state index is -0.221. The molecule has 2 aromatic carbocycles. The minimum absolute atomic E-state index is 0.0627. The van der Waals surface area contributed by atoms with Gasteiger partial charge in [0, 0.05) is 29.3 Å². The van der Waals surface area contributed by atoms with E-state index in [-0.39, 0.29) is 11.9 Å². The molecule has 0 saturated carbocycles. The van der Waals surface area contributed by atoms with Gasteiger partial charge in [0.1, 0.15) is 11.4 Å². The first-order valence-corrected chi connectivity index (χ1v) is 9.71. The molecule has 1 unspecified atom stereocenters. The Kier molecular flexibility index (Phi) is 5.19. The highest BCUT2D eigenvalue weighted by Gasteiger charge is 2.41. The van der Waals surface area contributed by atoms with Gasteiger partial charge in [0.15, 0.2) is 0 Å². The van der Waals surface area contributed by atoms with E-state index in [1.807, 2.05) is 53.4 Å². The Morgan fingerprint density at radius 3 is 2.46 bits per heavy atom. The topological polar surface area (TPSA) is 67.5 Å². The van der Waals surface area contributed by atoms with E-state index in [2.05, 4.69) is 26.1 Å². The number of methoxy groups -OCH3 is 2. The van der Waals surface area contributed by atoms with Crippen molar-refractivity contribution >= 4 is 21.8 Å². The fourth-order valence-electron chi connectivity index (χ4n) is 3.58. The third-order valence-electron chi connectivity index (χ3n) is 4.95. The Hall–Kier alpha value is -2.64. The molecule has 3 aromatic rings. The largest absolute Gasteiger partial charge is 0.497 e. The van der Waals surface area contributed by atoms with Crippen molar-refractivity contribution < 1.29 is 14.3 Å². The maximum Gasteiger partial charge on any atom is 0.273 e. The third kappa shape index (κ3) is 3.21. The summed E-state index contributed by atoms with van der Waals surface area (Å²) in [5.41, 5.74) is 4.17. The lowest BCUT2D eigenvalue weighted by Crippen LogP contribution is -2.32. The van der Waals surface area contributed by atoms with Gasteiger partial charge in [-0.15, -0.1) is 0 Å². The first-order valence-electron chi connectivity index (χ1n) is 8.92. The fraction of sp³-hybridized carbons (Fsp3) is 0.238. The summed E-state index contributed by atoms with van der Waals surface area (Å²) in [7, 11) is 3.27. The second-order valence-electron chi connectivity index (χ2n) is 6.53. The molecule has 28 heavy (non-hydrogen) atoms. The predicted octanol–water partition coefficient (Wildman–Crippen LogP) is 4.04. The van der Waals surface area contributed by atoms with Crippen LogP contribution in [-0.4, -0.2) is 48.4 Å². The predicted molar refractivity (Wildman–Crippen MR) is 109 cm³/mol. The number of aromatic nitrogens is 2. The zero-order valence-electron chi connectivity index (χ0n) is 15.6. The van der Waals surface area contributed by atoms with Gasteiger partial charge < -0.3 is 14.4 Å². The molecule has 0 bridgehead atoms. The average molecular weight is 442 g/mol. The highest BCUT2D eigenvalue weighted by Crippen LogP contribution is 2.42. The number of nitrogens with zero attached hydrogens (tertiary/aromatic N) is 2. The van der Waals surface area contributed by atoms with Gasteiger partial charge in [-0.1, -0.05) is 28.1 Å². The van der Waals surface area contributed by atoms with Gasteiger partial charge >= 0.3 is 0 Å². The van der Waals surface area contributed by atoms with Crippen molar-refractivity contribution in [3.63, 3.8) is 0 Å². The number of halogens is 1. The van der Waals surface area contributed by atoms with Crippen molar-refractivity contribution in [2.45, 2.75) is 6.04 Å². The molecule has 2 heterocycles. The number of carbonyl (C=O) groups is 1. The molecule has 1 aliphatic heterocycles. The van der Waals surface area contributed by atoms with Gasteiger partial charge in [-0.2, -0.15) is 5.10 Å². The van der Waals surface area contributed by atoms with Crippen molar-refractivity contribution in [1.29, 1.82) is 0 Å². The number of fused-ring (bicyclic) bond motifs is 1. The smallest absolute Gasteiger partial charge is 0.273 e. The molecule has 0 fully saturated rings. The Morgan fingerprint density at radius 2 is 1.82 bits per heavy atom. The molecule has 0 radical (unpaired) electrons. The molecule has 1 aliphatic rings. The maximum atomic E-state index is 13.1. The van der Waals surface area contributed by atoms with E-state index in [1.54, 1.807) is 14.2 Å². The molecule has 0 spiro atoms. The highest BCUT2D eigenvalue weighted by atomic mass is 79.9. The monoisotopic (exact) mass is 441 g/mol. The SMILES string of the molecule is COCCN1C(=O)c2[nH]nc(-c3ccc(OC)cc3)c2C1c1ccc(Br)cc1. The lowest BCUT2D eigenvalue weighted by Gasteiger charge is -2.26. The van der Waals surface area contributed by atoms with E-state index < -0.39 is 0 Å².